The van der Waals surface area contributed by atoms with Crippen LogP contribution in [0.15, 0.2) is 28.7 Å². The fraction of sp³-hybridized carbons (Fsp3) is 0.500. The molecule has 0 saturated carbocycles. The molecule has 1 unspecified atom stereocenters. The zero-order chi connectivity index (χ0) is 10.5. The molecule has 0 amide bonds. The van der Waals surface area contributed by atoms with Crippen LogP contribution in [0.25, 0.3) is 0 Å². The molecule has 1 aliphatic heterocycles. The molecule has 0 radical (unpaired) electrons. The van der Waals surface area contributed by atoms with Crippen LogP contribution in [-0.2, 0) is 4.74 Å². The molecule has 82 valence electrons. The van der Waals surface area contributed by atoms with E-state index in [-0.39, 0.29) is 6.10 Å². The van der Waals surface area contributed by atoms with Crippen LogP contribution in [0.2, 0.25) is 0 Å². The van der Waals surface area contributed by atoms with Gasteiger partial charge in [0.15, 0.2) is 0 Å². The molecule has 0 aliphatic carbocycles. The van der Waals surface area contributed by atoms with Gasteiger partial charge in [0.05, 0.1) is 6.10 Å². The molecule has 1 saturated heterocycles. The van der Waals surface area contributed by atoms with Crippen LogP contribution in [0.3, 0.4) is 0 Å². The topological polar surface area (TPSA) is 18.5 Å². The lowest BCUT2D eigenvalue weighted by Gasteiger charge is -2.22. The highest BCUT2D eigenvalue weighted by atomic mass is 79.9. The number of halogens is 1. The van der Waals surface area contributed by atoms with Crippen LogP contribution in [0.4, 0.5) is 0 Å². The first-order valence-corrected chi connectivity index (χ1v) is 6.14. The van der Waals surface area contributed by atoms with E-state index in [1.807, 2.05) is 24.3 Å². The van der Waals surface area contributed by atoms with Gasteiger partial charge in [0.1, 0.15) is 12.4 Å². The second-order valence-electron chi connectivity index (χ2n) is 3.75. The van der Waals surface area contributed by atoms with Crippen molar-refractivity contribution in [2.45, 2.75) is 25.4 Å². The molecule has 1 atom stereocenters. The van der Waals surface area contributed by atoms with Gasteiger partial charge in [-0.25, -0.2) is 0 Å². The smallest absolute Gasteiger partial charge is 0.119 e. The lowest BCUT2D eigenvalue weighted by atomic mass is 10.1. The van der Waals surface area contributed by atoms with Gasteiger partial charge in [-0.15, -0.1) is 0 Å². The second kappa shape index (κ2) is 5.52. The maximum absolute atomic E-state index is 5.65. The normalized spacial score (nSPS) is 21.3. The lowest BCUT2D eigenvalue weighted by Crippen LogP contribution is -2.25. The zero-order valence-corrected chi connectivity index (χ0v) is 10.2. The standard InChI is InChI=1S/C12H15BrO2/c13-10-4-6-11(7-5-10)15-9-12-3-1-2-8-14-12/h4-7,12H,1-3,8-9H2. The summed E-state index contributed by atoms with van der Waals surface area (Å²) in [5.41, 5.74) is 0. The minimum absolute atomic E-state index is 0.280. The van der Waals surface area contributed by atoms with E-state index in [1.54, 1.807) is 0 Å². The van der Waals surface area contributed by atoms with Gasteiger partial charge in [-0.2, -0.15) is 0 Å². The third-order valence-corrected chi connectivity index (χ3v) is 3.05. The highest BCUT2D eigenvalue weighted by Gasteiger charge is 2.14. The molecule has 2 nitrogen and oxygen atoms in total. The summed E-state index contributed by atoms with van der Waals surface area (Å²) >= 11 is 3.39. The highest BCUT2D eigenvalue weighted by Crippen LogP contribution is 2.18. The predicted octanol–water partition coefficient (Wildman–Crippen LogP) is 3.40. The van der Waals surface area contributed by atoms with Gasteiger partial charge in [-0.3, -0.25) is 0 Å². The fourth-order valence-corrected chi connectivity index (χ4v) is 1.92. The van der Waals surface area contributed by atoms with Crippen LogP contribution >= 0.6 is 15.9 Å². The molecule has 0 aromatic heterocycles. The fourth-order valence-electron chi connectivity index (χ4n) is 1.66. The van der Waals surface area contributed by atoms with Crippen LogP contribution in [0, 0.1) is 0 Å². The minimum atomic E-state index is 0.280. The summed E-state index contributed by atoms with van der Waals surface area (Å²) in [5.74, 6) is 0.910. The molecule has 1 aromatic carbocycles. The summed E-state index contributed by atoms with van der Waals surface area (Å²) < 4.78 is 12.3. The SMILES string of the molecule is Brc1ccc(OCC2CCCCO2)cc1. The van der Waals surface area contributed by atoms with Crippen molar-refractivity contribution in [1.29, 1.82) is 0 Å². The van der Waals surface area contributed by atoms with E-state index in [2.05, 4.69) is 15.9 Å². The van der Waals surface area contributed by atoms with Crippen molar-refractivity contribution in [3.8, 4) is 5.75 Å². The van der Waals surface area contributed by atoms with Crippen molar-refractivity contribution >= 4 is 15.9 Å². The summed E-state index contributed by atoms with van der Waals surface area (Å²) in [7, 11) is 0. The van der Waals surface area contributed by atoms with Crippen molar-refractivity contribution in [2.24, 2.45) is 0 Å². The number of hydrogen-bond donors (Lipinski definition) is 0. The third-order valence-electron chi connectivity index (χ3n) is 2.52. The van der Waals surface area contributed by atoms with E-state index in [9.17, 15) is 0 Å². The Labute approximate surface area is 98.7 Å². The summed E-state index contributed by atoms with van der Waals surface area (Å²) in [5, 5.41) is 0. The average Bonchev–Trinajstić information content (AvgIpc) is 2.30. The predicted molar refractivity (Wildman–Crippen MR) is 63.2 cm³/mol. The van der Waals surface area contributed by atoms with Gasteiger partial charge in [-0.05, 0) is 43.5 Å². The van der Waals surface area contributed by atoms with Gasteiger partial charge in [0, 0.05) is 11.1 Å². The maximum atomic E-state index is 5.65. The quantitative estimate of drug-likeness (QED) is 0.838. The van der Waals surface area contributed by atoms with E-state index in [4.69, 9.17) is 9.47 Å². The molecule has 1 aliphatic rings. The highest BCUT2D eigenvalue weighted by molar-refractivity contribution is 9.10. The van der Waals surface area contributed by atoms with Gasteiger partial charge < -0.3 is 9.47 Å². The lowest BCUT2D eigenvalue weighted by molar-refractivity contribution is -0.0110. The molecule has 0 N–H and O–H groups in total. The second-order valence-corrected chi connectivity index (χ2v) is 4.67. The first-order valence-electron chi connectivity index (χ1n) is 5.34. The van der Waals surface area contributed by atoms with E-state index in [0.29, 0.717) is 6.61 Å². The Morgan fingerprint density at radius 1 is 1.27 bits per heavy atom. The van der Waals surface area contributed by atoms with E-state index in [1.165, 1.54) is 12.8 Å². The Hall–Kier alpha value is -0.540. The Morgan fingerprint density at radius 2 is 2.07 bits per heavy atom. The van der Waals surface area contributed by atoms with Crippen molar-refractivity contribution in [3.05, 3.63) is 28.7 Å². The Kier molecular flexibility index (Phi) is 4.03. The van der Waals surface area contributed by atoms with Crippen LogP contribution in [-0.4, -0.2) is 19.3 Å². The van der Waals surface area contributed by atoms with Gasteiger partial charge in [0.25, 0.3) is 0 Å². The molecule has 0 spiro atoms. The van der Waals surface area contributed by atoms with E-state index in [0.717, 1.165) is 23.2 Å². The summed E-state index contributed by atoms with van der Waals surface area (Å²) in [6.45, 7) is 1.55. The van der Waals surface area contributed by atoms with Gasteiger partial charge >= 0.3 is 0 Å². The Balaban J connectivity index is 1.79. The largest absolute Gasteiger partial charge is 0.491 e. The van der Waals surface area contributed by atoms with Crippen molar-refractivity contribution in [3.63, 3.8) is 0 Å². The zero-order valence-electron chi connectivity index (χ0n) is 8.62. The van der Waals surface area contributed by atoms with Crippen LogP contribution in [0.1, 0.15) is 19.3 Å². The van der Waals surface area contributed by atoms with Crippen LogP contribution in [0.5, 0.6) is 5.75 Å². The number of hydrogen-bond acceptors (Lipinski definition) is 2. The van der Waals surface area contributed by atoms with Crippen molar-refractivity contribution < 1.29 is 9.47 Å². The average molecular weight is 271 g/mol. The van der Waals surface area contributed by atoms with Crippen molar-refractivity contribution in [1.82, 2.24) is 0 Å². The molecule has 0 bridgehead atoms. The monoisotopic (exact) mass is 270 g/mol. The maximum Gasteiger partial charge on any atom is 0.119 e. The first-order chi connectivity index (χ1) is 7.34. The minimum Gasteiger partial charge on any atom is -0.491 e. The molecule has 15 heavy (non-hydrogen) atoms. The Morgan fingerprint density at radius 3 is 2.73 bits per heavy atom. The molecule has 1 aromatic rings. The molecule has 3 heteroatoms. The first kappa shape index (κ1) is 11.0. The molecule has 1 heterocycles. The molecule has 1 fully saturated rings. The molecular formula is C12H15BrO2. The third kappa shape index (κ3) is 3.50. The number of benzene rings is 1. The van der Waals surface area contributed by atoms with E-state index >= 15 is 0 Å². The number of rotatable bonds is 3. The number of ether oxygens (including phenoxy) is 2. The summed E-state index contributed by atoms with van der Waals surface area (Å²) in [4.78, 5) is 0. The molecule has 2 rings (SSSR count). The summed E-state index contributed by atoms with van der Waals surface area (Å²) in [6.07, 6.45) is 3.85. The van der Waals surface area contributed by atoms with Gasteiger partial charge in [0.2, 0.25) is 0 Å². The molecular weight excluding hydrogens is 256 g/mol. The van der Waals surface area contributed by atoms with E-state index < -0.39 is 0 Å². The summed E-state index contributed by atoms with van der Waals surface area (Å²) in [6, 6.07) is 7.90. The van der Waals surface area contributed by atoms with Crippen LogP contribution < -0.4 is 4.74 Å². The van der Waals surface area contributed by atoms with Crippen molar-refractivity contribution in [2.75, 3.05) is 13.2 Å². The Bertz CT molecular complexity index is 291. The van der Waals surface area contributed by atoms with Gasteiger partial charge in [-0.1, -0.05) is 15.9 Å².